The van der Waals surface area contributed by atoms with Gasteiger partial charge in [-0.2, -0.15) is 5.26 Å². The van der Waals surface area contributed by atoms with Gasteiger partial charge in [-0.25, -0.2) is 4.79 Å². The van der Waals surface area contributed by atoms with Crippen molar-refractivity contribution >= 4 is 29.4 Å². The molecule has 0 saturated carbocycles. The third-order valence-corrected chi connectivity index (χ3v) is 3.83. The van der Waals surface area contributed by atoms with E-state index in [9.17, 15) is 9.59 Å². The van der Waals surface area contributed by atoms with Crippen molar-refractivity contribution in [2.45, 2.75) is 6.92 Å². The van der Waals surface area contributed by atoms with E-state index in [1.807, 2.05) is 19.1 Å². The Hall–Kier alpha value is -3.10. The highest BCUT2D eigenvalue weighted by Gasteiger charge is 2.15. The number of aryl methyl sites for hydroxylation is 1. The quantitative estimate of drug-likeness (QED) is 0.333. The van der Waals surface area contributed by atoms with Crippen LogP contribution in [0.5, 0.6) is 5.75 Å². The highest BCUT2D eigenvalue weighted by molar-refractivity contribution is 6.32. The number of ether oxygens (including phenoxy) is 2. The van der Waals surface area contributed by atoms with Crippen molar-refractivity contribution in [1.29, 1.82) is 5.26 Å². The fourth-order valence-corrected chi connectivity index (χ4v) is 2.36. The van der Waals surface area contributed by atoms with Crippen LogP contribution in [0.1, 0.15) is 21.5 Å². The Bertz CT molecular complexity index is 895. The number of halogens is 1. The molecule has 0 aliphatic heterocycles. The second kappa shape index (κ2) is 8.84. The van der Waals surface area contributed by atoms with E-state index < -0.39 is 18.4 Å². The number of carbonyl (C=O) groups excluding carboxylic acids is 2. The van der Waals surface area contributed by atoms with Crippen LogP contribution in [0.3, 0.4) is 0 Å². The van der Waals surface area contributed by atoms with Crippen molar-refractivity contribution in [2.24, 2.45) is 0 Å². The summed E-state index contributed by atoms with van der Waals surface area (Å²) in [7, 11) is 1.47. The van der Waals surface area contributed by atoms with Crippen molar-refractivity contribution in [2.75, 3.05) is 13.7 Å². The monoisotopic (exact) mass is 369 g/mol. The molecule has 5 nitrogen and oxygen atoms in total. The molecule has 0 saturated heterocycles. The molecule has 0 fully saturated rings. The van der Waals surface area contributed by atoms with E-state index in [0.29, 0.717) is 11.3 Å². The molecule has 2 rings (SSSR count). The van der Waals surface area contributed by atoms with Crippen LogP contribution in [0.2, 0.25) is 5.02 Å². The van der Waals surface area contributed by atoms with E-state index in [1.54, 1.807) is 24.3 Å². The van der Waals surface area contributed by atoms with Gasteiger partial charge in [-0.3, -0.25) is 4.79 Å². The predicted octanol–water partition coefficient (Wildman–Crippen LogP) is 3.99. The molecule has 0 bridgehead atoms. The minimum absolute atomic E-state index is 0.186. The zero-order chi connectivity index (χ0) is 19.1. The second-order valence-electron chi connectivity index (χ2n) is 5.43. The Morgan fingerprint density at radius 2 is 1.88 bits per heavy atom. The fraction of sp³-hybridized carbons (Fsp3) is 0.150. The van der Waals surface area contributed by atoms with E-state index in [2.05, 4.69) is 0 Å². The van der Waals surface area contributed by atoms with Gasteiger partial charge in [0.2, 0.25) is 0 Å². The van der Waals surface area contributed by atoms with Gasteiger partial charge in [-0.15, -0.1) is 0 Å². The Balaban J connectivity index is 2.04. The standard InChI is InChI=1S/C20H16ClNO4/c1-13-3-5-14(6-4-13)9-16(11-22)20(24)26-12-18(23)15-7-8-19(25-2)17(21)10-15/h3-10H,12H2,1-2H3/b16-9+. The Morgan fingerprint density at radius 3 is 2.46 bits per heavy atom. The number of Topliss-reactive ketones (excluding diaryl/α,β-unsaturated/α-hetero) is 1. The zero-order valence-electron chi connectivity index (χ0n) is 14.3. The largest absolute Gasteiger partial charge is 0.495 e. The molecule has 6 heteroatoms. The van der Waals surface area contributed by atoms with Crippen molar-refractivity contribution in [3.05, 3.63) is 69.8 Å². The second-order valence-corrected chi connectivity index (χ2v) is 5.84. The van der Waals surface area contributed by atoms with Gasteiger partial charge in [-0.1, -0.05) is 41.4 Å². The minimum Gasteiger partial charge on any atom is -0.495 e. The molecule has 0 amide bonds. The van der Waals surface area contributed by atoms with Gasteiger partial charge in [0.25, 0.3) is 0 Å². The minimum atomic E-state index is -0.860. The predicted molar refractivity (Wildman–Crippen MR) is 98.1 cm³/mol. The summed E-state index contributed by atoms with van der Waals surface area (Å²) in [6, 6.07) is 13.6. The smallest absolute Gasteiger partial charge is 0.349 e. The number of hydrogen-bond acceptors (Lipinski definition) is 5. The zero-order valence-corrected chi connectivity index (χ0v) is 15.0. The molecule has 0 N–H and O–H groups in total. The third-order valence-electron chi connectivity index (χ3n) is 3.54. The van der Waals surface area contributed by atoms with Crippen LogP contribution in [0.25, 0.3) is 6.08 Å². The molecule has 0 heterocycles. The van der Waals surface area contributed by atoms with Crippen LogP contribution < -0.4 is 4.74 Å². The molecular formula is C20H16ClNO4. The van der Waals surface area contributed by atoms with Crippen LogP contribution >= 0.6 is 11.6 Å². The number of methoxy groups -OCH3 is 1. The van der Waals surface area contributed by atoms with Crippen LogP contribution in [-0.2, 0) is 9.53 Å². The number of carbonyl (C=O) groups is 2. The third kappa shape index (κ3) is 4.95. The molecule has 0 atom stereocenters. The molecule has 0 radical (unpaired) electrons. The average molecular weight is 370 g/mol. The number of rotatable bonds is 6. The summed E-state index contributed by atoms with van der Waals surface area (Å²) in [5.74, 6) is -0.857. The summed E-state index contributed by atoms with van der Waals surface area (Å²) < 4.78 is 9.97. The Labute approximate surface area is 156 Å². The maximum absolute atomic E-state index is 12.1. The maximum atomic E-state index is 12.1. The molecule has 26 heavy (non-hydrogen) atoms. The van der Waals surface area contributed by atoms with Gasteiger partial charge >= 0.3 is 5.97 Å². The van der Waals surface area contributed by atoms with Crippen LogP contribution in [0.15, 0.2) is 48.0 Å². The maximum Gasteiger partial charge on any atom is 0.349 e. The first kappa shape index (κ1) is 19.2. The molecule has 0 aliphatic carbocycles. The first-order valence-corrected chi connectivity index (χ1v) is 8.04. The van der Waals surface area contributed by atoms with E-state index in [1.165, 1.54) is 25.3 Å². The number of nitriles is 1. The number of esters is 1. The molecule has 132 valence electrons. The first-order valence-electron chi connectivity index (χ1n) is 7.67. The van der Waals surface area contributed by atoms with Gasteiger partial charge in [0.05, 0.1) is 12.1 Å². The summed E-state index contributed by atoms with van der Waals surface area (Å²) in [6.45, 7) is 1.44. The van der Waals surface area contributed by atoms with E-state index >= 15 is 0 Å². The van der Waals surface area contributed by atoms with E-state index in [-0.39, 0.29) is 16.2 Å². The van der Waals surface area contributed by atoms with Crippen LogP contribution in [-0.4, -0.2) is 25.5 Å². The Morgan fingerprint density at radius 1 is 1.19 bits per heavy atom. The lowest BCUT2D eigenvalue weighted by Gasteiger charge is -2.06. The first-order chi connectivity index (χ1) is 12.4. The average Bonchev–Trinajstić information content (AvgIpc) is 2.65. The van der Waals surface area contributed by atoms with E-state index in [4.69, 9.17) is 26.3 Å². The van der Waals surface area contributed by atoms with Gasteiger partial charge in [0.15, 0.2) is 12.4 Å². The molecule has 0 unspecified atom stereocenters. The van der Waals surface area contributed by atoms with E-state index in [0.717, 1.165) is 5.56 Å². The van der Waals surface area contributed by atoms with Crippen molar-refractivity contribution in [1.82, 2.24) is 0 Å². The lowest BCUT2D eigenvalue weighted by Crippen LogP contribution is -2.15. The topological polar surface area (TPSA) is 76.4 Å². The Kier molecular flexibility index (Phi) is 6.54. The molecule has 0 aromatic heterocycles. The van der Waals surface area contributed by atoms with Crippen LogP contribution in [0.4, 0.5) is 0 Å². The molecular weight excluding hydrogens is 354 g/mol. The fourth-order valence-electron chi connectivity index (χ4n) is 2.10. The molecule has 2 aromatic carbocycles. The molecule has 0 aliphatic rings. The van der Waals surface area contributed by atoms with Crippen molar-refractivity contribution < 1.29 is 19.1 Å². The number of benzene rings is 2. The lowest BCUT2D eigenvalue weighted by molar-refractivity contribution is -0.137. The summed E-state index contributed by atoms with van der Waals surface area (Å²) in [5, 5.41) is 9.43. The number of ketones is 1. The van der Waals surface area contributed by atoms with Gasteiger partial charge < -0.3 is 9.47 Å². The van der Waals surface area contributed by atoms with Crippen LogP contribution in [0, 0.1) is 18.3 Å². The number of nitrogens with zero attached hydrogens (tertiary/aromatic N) is 1. The molecule has 2 aromatic rings. The summed E-state index contributed by atoms with van der Waals surface area (Å²) in [4.78, 5) is 24.2. The normalized spacial score (nSPS) is 10.8. The van der Waals surface area contributed by atoms with Gasteiger partial charge in [-0.05, 0) is 36.8 Å². The highest BCUT2D eigenvalue weighted by atomic mass is 35.5. The van der Waals surface area contributed by atoms with Gasteiger partial charge in [0.1, 0.15) is 17.4 Å². The van der Waals surface area contributed by atoms with Gasteiger partial charge in [0, 0.05) is 5.56 Å². The number of hydrogen-bond donors (Lipinski definition) is 0. The van der Waals surface area contributed by atoms with Crippen molar-refractivity contribution in [3.8, 4) is 11.8 Å². The highest BCUT2D eigenvalue weighted by Crippen LogP contribution is 2.25. The summed E-state index contributed by atoms with van der Waals surface area (Å²) >= 11 is 5.97. The summed E-state index contributed by atoms with van der Waals surface area (Å²) in [6.07, 6.45) is 1.41. The lowest BCUT2D eigenvalue weighted by atomic mass is 10.1. The molecule has 0 spiro atoms. The SMILES string of the molecule is COc1ccc(C(=O)COC(=O)/C(C#N)=C/c2ccc(C)cc2)cc1Cl. The summed E-state index contributed by atoms with van der Waals surface area (Å²) in [5.41, 5.74) is 1.85. The van der Waals surface area contributed by atoms with Crippen molar-refractivity contribution in [3.63, 3.8) is 0 Å².